The first-order valence-electron chi connectivity index (χ1n) is 6.77. The summed E-state index contributed by atoms with van der Waals surface area (Å²) in [5.74, 6) is 0.254. The molecule has 100 valence electrons. The molecule has 0 spiro atoms. The quantitative estimate of drug-likeness (QED) is 0.816. The van der Waals surface area contributed by atoms with E-state index in [0.29, 0.717) is 18.5 Å². The molecule has 1 N–H and O–H groups in total. The zero-order valence-electron chi connectivity index (χ0n) is 11.1. The molecule has 1 aromatic carbocycles. The Morgan fingerprint density at radius 2 is 1.95 bits per heavy atom. The average molecular weight is 257 g/mol. The van der Waals surface area contributed by atoms with Crippen LogP contribution in [0, 0.1) is 11.3 Å². The van der Waals surface area contributed by atoms with Crippen LogP contribution in [0.15, 0.2) is 24.3 Å². The minimum atomic E-state index is 0.254. The van der Waals surface area contributed by atoms with Crippen molar-refractivity contribution in [1.82, 2.24) is 10.2 Å². The van der Waals surface area contributed by atoms with E-state index in [2.05, 4.69) is 11.4 Å². The predicted octanol–water partition coefficient (Wildman–Crippen LogP) is 1.66. The lowest BCUT2D eigenvalue weighted by atomic mass is 10.1. The fourth-order valence-corrected chi connectivity index (χ4v) is 2.25. The Morgan fingerprint density at radius 1 is 1.26 bits per heavy atom. The summed E-state index contributed by atoms with van der Waals surface area (Å²) in [5, 5.41) is 12.0. The largest absolute Gasteiger partial charge is 0.343 e. The van der Waals surface area contributed by atoms with Gasteiger partial charge in [-0.1, -0.05) is 12.1 Å². The van der Waals surface area contributed by atoms with Crippen LogP contribution in [-0.4, -0.2) is 30.4 Å². The van der Waals surface area contributed by atoms with Crippen molar-refractivity contribution in [3.05, 3.63) is 35.4 Å². The van der Waals surface area contributed by atoms with Crippen LogP contribution in [0.5, 0.6) is 0 Å². The molecule has 1 amide bonds. The van der Waals surface area contributed by atoms with Gasteiger partial charge in [-0.15, -0.1) is 0 Å². The van der Waals surface area contributed by atoms with Gasteiger partial charge < -0.3 is 10.2 Å². The molecule has 1 heterocycles. The van der Waals surface area contributed by atoms with Gasteiger partial charge in [0, 0.05) is 32.6 Å². The number of hydrogen-bond acceptors (Lipinski definition) is 3. The first kappa shape index (κ1) is 13.6. The number of likely N-dealkylation sites (tertiary alicyclic amines) is 1. The second-order valence-electron chi connectivity index (χ2n) is 4.82. The van der Waals surface area contributed by atoms with Crippen LogP contribution in [-0.2, 0) is 11.3 Å². The molecular weight excluding hydrogens is 238 g/mol. The number of amides is 1. The summed E-state index contributed by atoms with van der Waals surface area (Å²) in [6.45, 7) is 3.29. The van der Waals surface area contributed by atoms with Gasteiger partial charge >= 0.3 is 0 Å². The van der Waals surface area contributed by atoms with Crippen LogP contribution in [0.4, 0.5) is 0 Å². The molecule has 0 saturated carbocycles. The molecule has 0 atom stereocenters. The molecule has 1 aliphatic heterocycles. The molecule has 1 aromatic rings. The van der Waals surface area contributed by atoms with Crippen LogP contribution in [0.3, 0.4) is 0 Å². The predicted molar refractivity (Wildman–Crippen MR) is 73.3 cm³/mol. The van der Waals surface area contributed by atoms with E-state index in [4.69, 9.17) is 5.26 Å². The summed E-state index contributed by atoms with van der Waals surface area (Å²) in [6.07, 6.45) is 2.85. The molecule has 0 bridgehead atoms. The Morgan fingerprint density at radius 3 is 2.58 bits per heavy atom. The minimum absolute atomic E-state index is 0.254. The molecular formula is C15H19N3O. The fourth-order valence-electron chi connectivity index (χ4n) is 2.25. The highest BCUT2D eigenvalue weighted by molar-refractivity contribution is 5.76. The zero-order valence-corrected chi connectivity index (χ0v) is 11.1. The van der Waals surface area contributed by atoms with Crippen LogP contribution < -0.4 is 5.32 Å². The fraction of sp³-hybridized carbons (Fsp3) is 0.467. The molecule has 1 saturated heterocycles. The first-order chi connectivity index (χ1) is 9.29. The number of carbonyl (C=O) groups excluding carboxylic acids is 1. The van der Waals surface area contributed by atoms with E-state index in [1.807, 2.05) is 29.2 Å². The maximum absolute atomic E-state index is 11.8. The Bertz CT molecular complexity index is 455. The van der Waals surface area contributed by atoms with Crippen molar-refractivity contribution in [3.8, 4) is 6.07 Å². The molecule has 0 aromatic heterocycles. The summed E-state index contributed by atoms with van der Waals surface area (Å²) in [7, 11) is 0. The van der Waals surface area contributed by atoms with E-state index < -0.39 is 0 Å². The van der Waals surface area contributed by atoms with Crippen molar-refractivity contribution in [3.63, 3.8) is 0 Å². The smallest absolute Gasteiger partial charge is 0.223 e. The van der Waals surface area contributed by atoms with E-state index in [1.54, 1.807) is 0 Å². The lowest BCUT2D eigenvalue weighted by molar-refractivity contribution is -0.130. The maximum atomic E-state index is 11.8. The third-order valence-corrected chi connectivity index (χ3v) is 3.39. The molecule has 1 aliphatic rings. The normalized spacial score (nSPS) is 14.4. The topological polar surface area (TPSA) is 56.1 Å². The average Bonchev–Trinajstić information content (AvgIpc) is 2.98. The second kappa shape index (κ2) is 6.91. The van der Waals surface area contributed by atoms with Gasteiger partial charge in [-0.3, -0.25) is 4.79 Å². The van der Waals surface area contributed by atoms with Crippen molar-refractivity contribution in [1.29, 1.82) is 5.26 Å². The number of nitrogens with one attached hydrogen (secondary N) is 1. The first-order valence-corrected chi connectivity index (χ1v) is 6.77. The number of carbonyl (C=O) groups is 1. The molecule has 0 radical (unpaired) electrons. The van der Waals surface area contributed by atoms with Gasteiger partial charge in [0.2, 0.25) is 5.91 Å². The highest BCUT2D eigenvalue weighted by Crippen LogP contribution is 2.08. The second-order valence-corrected chi connectivity index (χ2v) is 4.82. The Kier molecular flexibility index (Phi) is 4.93. The number of nitrogens with zero attached hydrogens (tertiary/aromatic N) is 2. The van der Waals surface area contributed by atoms with Crippen LogP contribution >= 0.6 is 0 Å². The number of benzene rings is 1. The SMILES string of the molecule is N#Cc1ccc(CNCCC(=O)N2CCCC2)cc1. The zero-order chi connectivity index (χ0) is 13.5. The highest BCUT2D eigenvalue weighted by Gasteiger charge is 2.16. The molecule has 19 heavy (non-hydrogen) atoms. The van der Waals surface area contributed by atoms with Crippen molar-refractivity contribution >= 4 is 5.91 Å². The molecule has 2 rings (SSSR count). The summed E-state index contributed by atoms with van der Waals surface area (Å²) in [4.78, 5) is 13.7. The number of rotatable bonds is 5. The molecule has 4 heteroatoms. The van der Waals surface area contributed by atoms with Gasteiger partial charge in [-0.2, -0.15) is 5.26 Å². The maximum Gasteiger partial charge on any atom is 0.223 e. The summed E-state index contributed by atoms with van der Waals surface area (Å²) in [6, 6.07) is 9.60. The molecule has 0 aliphatic carbocycles. The van der Waals surface area contributed by atoms with Gasteiger partial charge in [0.1, 0.15) is 0 Å². The molecule has 1 fully saturated rings. The van der Waals surface area contributed by atoms with Crippen molar-refractivity contribution in [2.24, 2.45) is 0 Å². The van der Waals surface area contributed by atoms with Crippen molar-refractivity contribution < 1.29 is 4.79 Å². The third-order valence-electron chi connectivity index (χ3n) is 3.39. The Balaban J connectivity index is 1.66. The van der Waals surface area contributed by atoms with Gasteiger partial charge in [0.25, 0.3) is 0 Å². The van der Waals surface area contributed by atoms with Gasteiger partial charge in [-0.05, 0) is 30.5 Å². The van der Waals surface area contributed by atoms with Gasteiger partial charge in [0.15, 0.2) is 0 Å². The summed E-state index contributed by atoms with van der Waals surface area (Å²) >= 11 is 0. The molecule has 0 unspecified atom stereocenters. The van der Waals surface area contributed by atoms with Gasteiger partial charge in [-0.25, -0.2) is 0 Å². The Labute approximate surface area is 114 Å². The third kappa shape index (κ3) is 4.08. The monoisotopic (exact) mass is 257 g/mol. The highest BCUT2D eigenvalue weighted by atomic mass is 16.2. The Hall–Kier alpha value is -1.86. The van der Waals surface area contributed by atoms with Crippen LogP contribution in [0.1, 0.15) is 30.4 Å². The van der Waals surface area contributed by atoms with Crippen LogP contribution in [0.2, 0.25) is 0 Å². The number of hydrogen-bond donors (Lipinski definition) is 1. The van der Waals surface area contributed by atoms with E-state index in [9.17, 15) is 4.79 Å². The lowest BCUT2D eigenvalue weighted by Crippen LogP contribution is -2.30. The van der Waals surface area contributed by atoms with Crippen LogP contribution in [0.25, 0.3) is 0 Å². The minimum Gasteiger partial charge on any atom is -0.343 e. The standard InChI is InChI=1S/C15H19N3O/c16-11-13-3-5-14(6-4-13)12-17-8-7-15(19)18-9-1-2-10-18/h3-6,17H,1-2,7-10,12H2. The van der Waals surface area contributed by atoms with Gasteiger partial charge in [0.05, 0.1) is 11.6 Å². The van der Waals surface area contributed by atoms with E-state index in [0.717, 1.165) is 38.0 Å². The summed E-state index contributed by atoms with van der Waals surface area (Å²) in [5.41, 5.74) is 1.81. The van der Waals surface area contributed by atoms with Crippen molar-refractivity contribution in [2.45, 2.75) is 25.8 Å². The van der Waals surface area contributed by atoms with Crippen molar-refractivity contribution in [2.75, 3.05) is 19.6 Å². The van der Waals surface area contributed by atoms with E-state index in [-0.39, 0.29) is 5.91 Å². The molecule has 4 nitrogen and oxygen atoms in total. The van der Waals surface area contributed by atoms with E-state index >= 15 is 0 Å². The van der Waals surface area contributed by atoms with E-state index in [1.165, 1.54) is 0 Å². The number of nitriles is 1. The summed E-state index contributed by atoms with van der Waals surface area (Å²) < 4.78 is 0. The lowest BCUT2D eigenvalue weighted by Gasteiger charge is -2.15.